The van der Waals surface area contributed by atoms with Crippen LogP contribution >= 0.6 is 0 Å². The minimum absolute atomic E-state index is 0.108. The van der Waals surface area contributed by atoms with Gasteiger partial charge in [-0.25, -0.2) is 4.98 Å². The molecule has 0 fully saturated rings. The minimum Gasteiger partial charge on any atom is -0.394 e. The molecule has 1 heterocycles. The number of aliphatic hydroxyl groups is 1. The lowest BCUT2D eigenvalue weighted by molar-refractivity contribution is -0.137. The number of halogens is 3. The molecule has 2 N–H and O–H groups in total. The van der Waals surface area contributed by atoms with Crippen LogP contribution in [0.5, 0.6) is 0 Å². The molecule has 1 rings (SSSR count). The Morgan fingerprint density at radius 1 is 1.47 bits per heavy atom. The number of rotatable bonds is 3. The number of aromatic nitrogens is 1. The van der Waals surface area contributed by atoms with Gasteiger partial charge >= 0.3 is 6.18 Å². The Hall–Kier alpha value is -1.30. The Morgan fingerprint density at radius 3 is 2.53 bits per heavy atom. The molecule has 0 saturated carbocycles. The van der Waals surface area contributed by atoms with Crippen molar-refractivity contribution in [1.29, 1.82) is 0 Å². The molecule has 0 aliphatic carbocycles. The summed E-state index contributed by atoms with van der Waals surface area (Å²) in [6.45, 7) is 1.59. The van der Waals surface area contributed by atoms with Crippen molar-refractivity contribution in [3.05, 3.63) is 23.9 Å². The van der Waals surface area contributed by atoms with Crippen LogP contribution in [0.3, 0.4) is 0 Å². The molecule has 0 spiro atoms. The van der Waals surface area contributed by atoms with Crippen LogP contribution < -0.4 is 5.32 Å². The lowest BCUT2D eigenvalue weighted by Crippen LogP contribution is -2.20. The van der Waals surface area contributed by atoms with Gasteiger partial charge in [-0.2, -0.15) is 13.2 Å². The van der Waals surface area contributed by atoms with E-state index in [1.807, 2.05) is 0 Å². The Labute approximate surface area is 85.0 Å². The third-order valence-electron chi connectivity index (χ3n) is 1.76. The maximum atomic E-state index is 12.1. The Bertz CT molecular complexity index is 310. The summed E-state index contributed by atoms with van der Waals surface area (Å²) in [6.07, 6.45) is -3.61. The first kappa shape index (κ1) is 11.8. The molecule has 6 heteroatoms. The fourth-order valence-electron chi connectivity index (χ4n) is 0.945. The highest BCUT2D eigenvalue weighted by Crippen LogP contribution is 2.28. The average Bonchev–Trinajstić information content (AvgIpc) is 2.17. The molecule has 84 valence electrons. The molecule has 0 bridgehead atoms. The van der Waals surface area contributed by atoms with Gasteiger partial charge in [-0.15, -0.1) is 0 Å². The quantitative estimate of drug-likeness (QED) is 0.817. The molecule has 0 aromatic carbocycles. The number of hydrogen-bond acceptors (Lipinski definition) is 3. The second-order valence-electron chi connectivity index (χ2n) is 3.16. The van der Waals surface area contributed by atoms with E-state index in [2.05, 4.69) is 10.3 Å². The zero-order valence-electron chi connectivity index (χ0n) is 8.04. The topological polar surface area (TPSA) is 45.1 Å². The highest BCUT2D eigenvalue weighted by Gasteiger charge is 2.30. The van der Waals surface area contributed by atoms with Crippen molar-refractivity contribution >= 4 is 5.82 Å². The van der Waals surface area contributed by atoms with E-state index >= 15 is 0 Å². The van der Waals surface area contributed by atoms with E-state index in [4.69, 9.17) is 5.11 Å². The van der Waals surface area contributed by atoms with E-state index < -0.39 is 11.7 Å². The van der Waals surface area contributed by atoms with Crippen molar-refractivity contribution in [3.8, 4) is 0 Å². The second-order valence-corrected chi connectivity index (χ2v) is 3.16. The van der Waals surface area contributed by atoms with Crippen LogP contribution in [0.1, 0.15) is 12.5 Å². The molecule has 0 saturated heterocycles. The van der Waals surface area contributed by atoms with E-state index in [0.29, 0.717) is 5.82 Å². The van der Waals surface area contributed by atoms with Gasteiger partial charge in [-0.1, -0.05) is 0 Å². The summed E-state index contributed by atoms with van der Waals surface area (Å²) >= 11 is 0. The van der Waals surface area contributed by atoms with Crippen molar-refractivity contribution in [1.82, 2.24) is 4.98 Å². The summed E-state index contributed by atoms with van der Waals surface area (Å²) in [5.41, 5.74) is -0.787. The number of aliphatic hydroxyl groups excluding tert-OH is 1. The van der Waals surface area contributed by atoms with Crippen LogP contribution in [0.15, 0.2) is 18.3 Å². The van der Waals surface area contributed by atoms with E-state index in [1.54, 1.807) is 6.92 Å². The van der Waals surface area contributed by atoms with Crippen molar-refractivity contribution in [3.63, 3.8) is 0 Å². The summed E-state index contributed by atoms with van der Waals surface area (Å²) in [7, 11) is 0. The predicted molar refractivity (Wildman–Crippen MR) is 49.4 cm³/mol. The van der Waals surface area contributed by atoms with Crippen molar-refractivity contribution in [2.24, 2.45) is 0 Å². The first-order chi connectivity index (χ1) is 6.93. The van der Waals surface area contributed by atoms with Crippen molar-refractivity contribution in [2.45, 2.75) is 19.1 Å². The minimum atomic E-state index is -4.37. The zero-order chi connectivity index (χ0) is 11.5. The normalized spacial score (nSPS) is 13.7. The standard InChI is InChI=1S/C9H11F3N2O/c1-6(5-15)14-8-3-2-7(4-13-8)9(10,11)12/h2-4,6,15H,5H2,1H3,(H,13,14). The van der Waals surface area contributed by atoms with Crippen LogP contribution in [0, 0.1) is 0 Å². The molecule has 15 heavy (non-hydrogen) atoms. The summed E-state index contributed by atoms with van der Waals surface area (Å²) < 4.78 is 36.4. The average molecular weight is 220 g/mol. The summed E-state index contributed by atoms with van der Waals surface area (Å²) in [6, 6.07) is 1.93. The molecule has 0 amide bonds. The Kier molecular flexibility index (Phi) is 3.52. The van der Waals surface area contributed by atoms with E-state index in [-0.39, 0.29) is 12.6 Å². The van der Waals surface area contributed by atoms with Crippen molar-refractivity contribution < 1.29 is 18.3 Å². The van der Waals surface area contributed by atoms with Crippen LogP contribution in [0.2, 0.25) is 0 Å². The smallest absolute Gasteiger partial charge is 0.394 e. The molecule has 0 aliphatic rings. The molecule has 1 unspecified atom stereocenters. The zero-order valence-corrected chi connectivity index (χ0v) is 8.04. The number of anilines is 1. The number of alkyl halides is 3. The molecule has 0 radical (unpaired) electrons. The highest BCUT2D eigenvalue weighted by atomic mass is 19.4. The Balaban J connectivity index is 2.73. The molecule has 3 nitrogen and oxygen atoms in total. The van der Waals surface area contributed by atoms with E-state index in [9.17, 15) is 13.2 Å². The van der Waals surface area contributed by atoms with Gasteiger partial charge in [-0.05, 0) is 19.1 Å². The lowest BCUT2D eigenvalue weighted by atomic mass is 10.2. The fourth-order valence-corrected chi connectivity index (χ4v) is 0.945. The fraction of sp³-hybridized carbons (Fsp3) is 0.444. The number of hydrogen-bond donors (Lipinski definition) is 2. The number of nitrogens with one attached hydrogen (secondary N) is 1. The predicted octanol–water partition coefficient (Wildman–Crippen LogP) is 1.89. The SMILES string of the molecule is CC(CO)Nc1ccc(C(F)(F)F)cn1. The van der Waals surface area contributed by atoms with Gasteiger partial charge in [0.05, 0.1) is 12.2 Å². The van der Waals surface area contributed by atoms with Gasteiger partial charge in [0.15, 0.2) is 0 Å². The van der Waals surface area contributed by atoms with Crippen LogP contribution in [-0.4, -0.2) is 22.7 Å². The Morgan fingerprint density at radius 2 is 2.13 bits per heavy atom. The molecule has 1 aromatic heterocycles. The third-order valence-corrected chi connectivity index (χ3v) is 1.76. The summed E-state index contributed by atoms with van der Waals surface area (Å²) in [5.74, 6) is 0.310. The lowest BCUT2D eigenvalue weighted by Gasteiger charge is -2.12. The van der Waals surface area contributed by atoms with Gasteiger partial charge in [-0.3, -0.25) is 0 Å². The maximum absolute atomic E-state index is 12.1. The largest absolute Gasteiger partial charge is 0.417 e. The summed E-state index contributed by atoms with van der Waals surface area (Å²) in [5, 5.41) is 11.5. The number of pyridine rings is 1. The van der Waals surface area contributed by atoms with Crippen LogP contribution in [0.25, 0.3) is 0 Å². The molecule has 0 aliphatic heterocycles. The maximum Gasteiger partial charge on any atom is 0.417 e. The van der Waals surface area contributed by atoms with Crippen molar-refractivity contribution in [2.75, 3.05) is 11.9 Å². The molecular formula is C9H11F3N2O. The molecule has 1 aromatic rings. The van der Waals surface area contributed by atoms with Crippen LogP contribution in [0.4, 0.5) is 19.0 Å². The first-order valence-electron chi connectivity index (χ1n) is 4.34. The van der Waals surface area contributed by atoms with Crippen LogP contribution in [-0.2, 0) is 6.18 Å². The van der Waals surface area contributed by atoms with Gasteiger partial charge < -0.3 is 10.4 Å². The first-order valence-corrected chi connectivity index (χ1v) is 4.34. The monoisotopic (exact) mass is 220 g/mol. The second kappa shape index (κ2) is 4.48. The van der Waals surface area contributed by atoms with E-state index in [0.717, 1.165) is 12.3 Å². The van der Waals surface area contributed by atoms with E-state index in [1.165, 1.54) is 6.07 Å². The molecular weight excluding hydrogens is 209 g/mol. The van der Waals surface area contributed by atoms with Gasteiger partial charge in [0.1, 0.15) is 5.82 Å². The summed E-state index contributed by atoms with van der Waals surface area (Å²) in [4.78, 5) is 3.59. The highest BCUT2D eigenvalue weighted by molar-refractivity contribution is 5.37. The van der Waals surface area contributed by atoms with Gasteiger partial charge in [0, 0.05) is 12.2 Å². The van der Waals surface area contributed by atoms with Gasteiger partial charge in [0.25, 0.3) is 0 Å². The number of nitrogens with zero attached hydrogens (tertiary/aromatic N) is 1. The third kappa shape index (κ3) is 3.39. The molecule has 1 atom stereocenters. The van der Waals surface area contributed by atoms with Gasteiger partial charge in [0.2, 0.25) is 0 Å².